The summed E-state index contributed by atoms with van der Waals surface area (Å²) < 4.78 is 5.26. The number of anilines is 1. The van der Waals surface area contributed by atoms with Crippen LogP contribution in [0.25, 0.3) is 10.9 Å². The van der Waals surface area contributed by atoms with E-state index in [9.17, 15) is 4.79 Å². The minimum absolute atomic E-state index is 0.132. The highest BCUT2D eigenvalue weighted by Gasteiger charge is 2.35. The highest BCUT2D eigenvalue weighted by atomic mass is 16.5. The summed E-state index contributed by atoms with van der Waals surface area (Å²) in [6.45, 7) is 3.09. The first kappa shape index (κ1) is 13.1. The van der Waals surface area contributed by atoms with Gasteiger partial charge in [-0.15, -0.1) is 0 Å². The topological polar surface area (TPSA) is 80.1 Å². The molecule has 0 unspecified atom stereocenters. The molecule has 0 bridgehead atoms. The van der Waals surface area contributed by atoms with Crippen molar-refractivity contribution in [1.82, 2.24) is 4.98 Å². The van der Waals surface area contributed by atoms with E-state index in [0.29, 0.717) is 26.1 Å². The number of benzene rings is 1. The fourth-order valence-electron chi connectivity index (χ4n) is 2.57. The van der Waals surface area contributed by atoms with E-state index in [2.05, 4.69) is 16.4 Å². The number of fused-ring (bicyclic) bond motifs is 1. The summed E-state index contributed by atoms with van der Waals surface area (Å²) >= 11 is 0. The molecule has 1 aromatic heterocycles. The Labute approximate surface area is 117 Å². The van der Waals surface area contributed by atoms with E-state index in [1.807, 2.05) is 25.1 Å². The molecule has 0 aliphatic carbocycles. The fourth-order valence-corrected chi connectivity index (χ4v) is 2.57. The molecule has 2 aromatic rings. The Morgan fingerprint density at radius 3 is 2.85 bits per heavy atom. The highest BCUT2D eigenvalue weighted by molar-refractivity contribution is 5.99. The average molecular weight is 273 g/mol. The molecule has 5 nitrogen and oxygen atoms in total. The van der Waals surface area contributed by atoms with E-state index in [0.717, 1.165) is 22.3 Å². The molecule has 20 heavy (non-hydrogen) atoms. The normalized spacial score (nSPS) is 18.1. The molecular formula is C15H19N3O2. The van der Waals surface area contributed by atoms with Crippen LogP contribution >= 0.6 is 0 Å². The van der Waals surface area contributed by atoms with Crippen LogP contribution < -0.4 is 11.1 Å². The van der Waals surface area contributed by atoms with Gasteiger partial charge in [-0.3, -0.25) is 4.79 Å². The van der Waals surface area contributed by atoms with Crippen molar-refractivity contribution in [3.8, 4) is 0 Å². The molecule has 2 heterocycles. The van der Waals surface area contributed by atoms with E-state index >= 15 is 0 Å². The van der Waals surface area contributed by atoms with Crippen LogP contribution in [-0.2, 0) is 9.53 Å². The Bertz CT molecular complexity index is 642. The molecule has 0 atom stereocenters. The van der Waals surface area contributed by atoms with Gasteiger partial charge in [-0.05, 0) is 44.0 Å². The molecule has 0 radical (unpaired) electrons. The first-order chi connectivity index (χ1) is 9.57. The van der Waals surface area contributed by atoms with Crippen LogP contribution in [0.5, 0.6) is 0 Å². The van der Waals surface area contributed by atoms with Gasteiger partial charge >= 0.3 is 0 Å². The van der Waals surface area contributed by atoms with Crippen molar-refractivity contribution >= 4 is 22.5 Å². The van der Waals surface area contributed by atoms with Crippen molar-refractivity contribution in [2.24, 2.45) is 5.73 Å². The summed E-state index contributed by atoms with van der Waals surface area (Å²) in [6.07, 6.45) is 1.12. The summed E-state index contributed by atoms with van der Waals surface area (Å²) in [4.78, 5) is 15.6. The number of carbonyl (C=O) groups excluding carboxylic acids is 1. The van der Waals surface area contributed by atoms with Crippen LogP contribution in [0.4, 0.5) is 5.69 Å². The Kier molecular flexibility index (Phi) is 3.23. The lowest BCUT2D eigenvalue weighted by Crippen LogP contribution is -2.54. The van der Waals surface area contributed by atoms with E-state index in [-0.39, 0.29) is 5.91 Å². The van der Waals surface area contributed by atoms with Gasteiger partial charge in [0.2, 0.25) is 5.91 Å². The Morgan fingerprint density at radius 1 is 1.35 bits per heavy atom. The fraction of sp³-hybridized carbons (Fsp3) is 0.400. The number of H-pyrrole nitrogens is 1. The second-order valence-corrected chi connectivity index (χ2v) is 5.48. The number of rotatable bonds is 2. The monoisotopic (exact) mass is 273 g/mol. The van der Waals surface area contributed by atoms with Crippen LogP contribution in [0, 0.1) is 6.92 Å². The lowest BCUT2D eigenvalue weighted by atomic mass is 9.90. The van der Waals surface area contributed by atoms with Gasteiger partial charge in [-0.25, -0.2) is 0 Å². The van der Waals surface area contributed by atoms with Crippen LogP contribution in [0.3, 0.4) is 0 Å². The lowest BCUT2D eigenvalue weighted by Gasteiger charge is -2.31. The first-order valence-corrected chi connectivity index (χ1v) is 6.84. The molecule has 106 valence electrons. The van der Waals surface area contributed by atoms with Crippen LogP contribution in [0.2, 0.25) is 0 Å². The number of hydrogen-bond donors (Lipinski definition) is 3. The number of aromatic amines is 1. The second-order valence-electron chi connectivity index (χ2n) is 5.48. The zero-order chi connectivity index (χ0) is 14.2. The van der Waals surface area contributed by atoms with E-state index in [4.69, 9.17) is 10.5 Å². The number of carbonyl (C=O) groups is 1. The van der Waals surface area contributed by atoms with Crippen LogP contribution in [0.1, 0.15) is 18.5 Å². The molecule has 5 heteroatoms. The quantitative estimate of drug-likeness (QED) is 0.782. The maximum atomic E-state index is 12.3. The second kappa shape index (κ2) is 4.92. The van der Waals surface area contributed by atoms with Crippen LogP contribution in [-0.4, -0.2) is 29.6 Å². The Morgan fingerprint density at radius 2 is 2.10 bits per heavy atom. The number of hydrogen-bond acceptors (Lipinski definition) is 3. The largest absolute Gasteiger partial charge is 0.381 e. The summed E-state index contributed by atoms with van der Waals surface area (Å²) in [5.74, 6) is -0.132. The van der Waals surface area contributed by atoms with Gasteiger partial charge in [-0.2, -0.15) is 0 Å². The van der Waals surface area contributed by atoms with Crippen molar-refractivity contribution < 1.29 is 9.53 Å². The molecule has 4 N–H and O–H groups in total. The zero-order valence-electron chi connectivity index (χ0n) is 11.5. The number of amides is 1. The van der Waals surface area contributed by atoms with E-state index < -0.39 is 5.54 Å². The summed E-state index contributed by atoms with van der Waals surface area (Å²) in [7, 11) is 0. The summed E-state index contributed by atoms with van der Waals surface area (Å²) in [5, 5.41) is 4.00. The third kappa shape index (κ3) is 2.42. The summed E-state index contributed by atoms with van der Waals surface area (Å²) in [5.41, 5.74) is 8.29. The molecule has 3 rings (SSSR count). The number of nitrogens with two attached hydrogens (primary N) is 1. The van der Waals surface area contributed by atoms with Gasteiger partial charge in [0.05, 0.1) is 0 Å². The standard InChI is InChI=1S/C15H19N3O2/c1-10-8-11-9-12(2-3-13(11)17-10)18-14(19)15(16)4-6-20-7-5-15/h2-3,8-9,17H,4-7,16H2,1H3,(H,18,19). The van der Waals surface area contributed by atoms with Gasteiger partial charge in [0, 0.05) is 35.5 Å². The molecule has 1 fully saturated rings. The minimum atomic E-state index is -0.818. The summed E-state index contributed by atoms with van der Waals surface area (Å²) in [6, 6.07) is 7.86. The maximum Gasteiger partial charge on any atom is 0.244 e. The number of ether oxygens (including phenoxy) is 1. The van der Waals surface area contributed by atoms with E-state index in [1.165, 1.54) is 0 Å². The molecular weight excluding hydrogens is 254 g/mol. The van der Waals surface area contributed by atoms with Crippen molar-refractivity contribution in [2.75, 3.05) is 18.5 Å². The number of nitrogens with one attached hydrogen (secondary N) is 2. The third-order valence-corrected chi connectivity index (χ3v) is 3.85. The van der Waals surface area contributed by atoms with Crippen molar-refractivity contribution in [3.63, 3.8) is 0 Å². The first-order valence-electron chi connectivity index (χ1n) is 6.84. The number of aromatic nitrogens is 1. The SMILES string of the molecule is Cc1cc2cc(NC(=O)C3(N)CCOCC3)ccc2[nH]1. The molecule has 0 saturated carbocycles. The van der Waals surface area contributed by atoms with Crippen molar-refractivity contribution in [1.29, 1.82) is 0 Å². The molecule has 1 amide bonds. The smallest absolute Gasteiger partial charge is 0.244 e. The predicted molar refractivity (Wildman–Crippen MR) is 78.6 cm³/mol. The Balaban J connectivity index is 1.79. The molecule has 1 saturated heterocycles. The highest BCUT2D eigenvalue weighted by Crippen LogP contribution is 2.23. The maximum absolute atomic E-state index is 12.3. The lowest BCUT2D eigenvalue weighted by molar-refractivity contribution is -0.124. The predicted octanol–water partition coefficient (Wildman–Crippen LogP) is 1.92. The van der Waals surface area contributed by atoms with E-state index in [1.54, 1.807) is 0 Å². The van der Waals surface area contributed by atoms with Gasteiger partial charge < -0.3 is 20.8 Å². The molecule has 1 aliphatic rings. The average Bonchev–Trinajstić information content (AvgIpc) is 2.79. The van der Waals surface area contributed by atoms with Crippen molar-refractivity contribution in [2.45, 2.75) is 25.3 Å². The van der Waals surface area contributed by atoms with Gasteiger partial charge in [0.15, 0.2) is 0 Å². The van der Waals surface area contributed by atoms with Gasteiger partial charge in [0.25, 0.3) is 0 Å². The molecule has 1 aliphatic heterocycles. The molecule has 0 spiro atoms. The Hall–Kier alpha value is -1.85. The third-order valence-electron chi connectivity index (χ3n) is 3.85. The van der Waals surface area contributed by atoms with Gasteiger partial charge in [-0.1, -0.05) is 0 Å². The minimum Gasteiger partial charge on any atom is -0.381 e. The number of aryl methyl sites for hydroxylation is 1. The zero-order valence-corrected chi connectivity index (χ0v) is 11.5. The van der Waals surface area contributed by atoms with Gasteiger partial charge in [0.1, 0.15) is 5.54 Å². The van der Waals surface area contributed by atoms with Crippen LogP contribution in [0.15, 0.2) is 24.3 Å². The van der Waals surface area contributed by atoms with Crippen molar-refractivity contribution in [3.05, 3.63) is 30.0 Å². The molecule has 1 aromatic carbocycles.